The Balaban J connectivity index is 1.38. The number of hydrogen-bond donors (Lipinski definition) is 2. The minimum atomic E-state index is 0.0399. The average molecular weight is 295 g/mol. The predicted molar refractivity (Wildman–Crippen MR) is 80.2 cm³/mol. The number of rotatable bonds is 4. The van der Waals surface area contributed by atoms with E-state index in [4.69, 9.17) is 0 Å². The third kappa shape index (κ3) is 3.35. The molecular formula is C13H21N5OS. The van der Waals surface area contributed by atoms with Gasteiger partial charge in [-0.3, -0.25) is 14.6 Å². The van der Waals surface area contributed by atoms with E-state index in [1.54, 1.807) is 0 Å². The second kappa shape index (κ2) is 6.17. The van der Waals surface area contributed by atoms with Crippen LogP contribution in [0.2, 0.25) is 0 Å². The number of carbonyl (C=O) groups excluding carboxylic acids is 1. The van der Waals surface area contributed by atoms with E-state index in [1.807, 2.05) is 12.3 Å². The number of nitrogens with zero attached hydrogens (tertiary/aromatic N) is 3. The fourth-order valence-electron chi connectivity index (χ4n) is 2.72. The molecule has 0 radical (unpaired) electrons. The molecule has 6 nitrogen and oxygen atoms in total. The Morgan fingerprint density at radius 2 is 2.25 bits per heavy atom. The van der Waals surface area contributed by atoms with Crippen molar-refractivity contribution in [2.75, 3.05) is 51.1 Å². The Labute approximate surface area is 123 Å². The smallest absolute Gasteiger partial charge is 0.240 e. The molecule has 0 saturated carbocycles. The van der Waals surface area contributed by atoms with Gasteiger partial charge < -0.3 is 10.6 Å². The van der Waals surface area contributed by atoms with Gasteiger partial charge in [0.2, 0.25) is 5.91 Å². The summed E-state index contributed by atoms with van der Waals surface area (Å²) in [6.07, 6.45) is 0. The second-order valence-corrected chi connectivity index (χ2v) is 6.33. The van der Waals surface area contributed by atoms with Crippen LogP contribution in [0.3, 0.4) is 0 Å². The molecule has 2 fully saturated rings. The van der Waals surface area contributed by atoms with Crippen LogP contribution < -0.4 is 10.6 Å². The van der Waals surface area contributed by atoms with Crippen molar-refractivity contribution in [2.24, 2.45) is 0 Å². The van der Waals surface area contributed by atoms with Crippen LogP contribution in [0.5, 0.6) is 0 Å². The van der Waals surface area contributed by atoms with Crippen molar-refractivity contribution in [3.05, 3.63) is 11.1 Å². The van der Waals surface area contributed by atoms with Crippen molar-refractivity contribution >= 4 is 22.4 Å². The molecular weight excluding hydrogens is 274 g/mol. The summed E-state index contributed by atoms with van der Waals surface area (Å²) in [4.78, 5) is 20.9. The number of aryl methyl sites for hydroxylation is 1. The van der Waals surface area contributed by atoms with E-state index in [2.05, 4.69) is 25.4 Å². The molecule has 0 aliphatic carbocycles. The summed E-state index contributed by atoms with van der Waals surface area (Å²) in [5.41, 5.74) is 0.952. The van der Waals surface area contributed by atoms with Crippen LogP contribution in [0, 0.1) is 6.92 Å². The second-order valence-electron chi connectivity index (χ2n) is 5.48. The van der Waals surface area contributed by atoms with E-state index in [-0.39, 0.29) is 5.91 Å². The molecule has 2 aliphatic rings. The normalized spacial score (nSPS) is 21.6. The number of piperazine rings is 1. The molecule has 2 saturated heterocycles. The first kappa shape index (κ1) is 13.9. The number of thiazole rings is 1. The molecule has 2 N–H and O–H groups in total. The van der Waals surface area contributed by atoms with Crippen LogP contribution in [-0.2, 0) is 4.79 Å². The highest BCUT2D eigenvalue weighted by molar-refractivity contribution is 7.13. The van der Waals surface area contributed by atoms with Gasteiger partial charge in [0.15, 0.2) is 5.13 Å². The summed E-state index contributed by atoms with van der Waals surface area (Å²) in [7, 11) is 0. The summed E-state index contributed by atoms with van der Waals surface area (Å²) in [5, 5.41) is 8.87. The molecule has 3 heterocycles. The number of amides is 1. The fourth-order valence-corrected chi connectivity index (χ4v) is 3.43. The first-order valence-electron chi connectivity index (χ1n) is 7.10. The van der Waals surface area contributed by atoms with Crippen LogP contribution in [0.15, 0.2) is 5.38 Å². The van der Waals surface area contributed by atoms with Gasteiger partial charge in [-0.2, -0.15) is 0 Å². The third-order valence-corrected chi connectivity index (χ3v) is 4.71. The van der Waals surface area contributed by atoms with Gasteiger partial charge in [0.05, 0.1) is 12.2 Å². The lowest BCUT2D eigenvalue weighted by Crippen LogP contribution is -2.63. The Morgan fingerprint density at radius 1 is 1.50 bits per heavy atom. The van der Waals surface area contributed by atoms with E-state index < -0.39 is 0 Å². The van der Waals surface area contributed by atoms with Crippen molar-refractivity contribution in [3.8, 4) is 0 Å². The molecule has 2 aliphatic heterocycles. The van der Waals surface area contributed by atoms with Gasteiger partial charge in [-0.25, -0.2) is 4.98 Å². The van der Waals surface area contributed by atoms with Crippen LogP contribution in [0.4, 0.5) is 5.13 Å². The molecule has 3 rings (SSSR count). The Hall–Kier alpha value is -1.02. The fraction of sp³-hybridized carbons (Fsp3) is 0.692. The standard InChI is InChI=1S/C13H21N5OS/c1-10-9-20-13(15-10)16-12(19)8-17-6-11(7-17)18-4-2-14-3-5-18/h9,11,14H,2-8H2,1H3,(H,15,16,19). The van der Waals surface area contributed by atoms with E-state index in [0.29, 0.717) is 17.7 Å². The number of likely N-dealkylation sites (tertiary alicyclic amines) is 1. The lowest BCUT2D eigenvalue weighted by molar-refractivity contribution is -0.119. The Morgan fingerprint density at radius 3 is 2.90 bits per heavy atom. The van der Waals surface area contributed by atoms with Crippen LogP contribution in [-0.4, -0.2) is 72.5 Å². The van der Waals surface area contributed by atoms with E-state index >= 15 is 0 Å². The van der Waals surface area contributed by atoms with Crippen molar-refractivity contribution in [2.45, 2.75) is 13.0 Å². The number of nitrogens with one attached hydrogen (secondary N) is 2. The summed E-state index contributed by atoms with van der Waals surface area (Å²) in [5.74, 6) is 0.0399. The van der Waals surface area contributed by atoms with E-state index in [9.17, 15) is 4.79 Å². The molecule has 7 heteroatoms. The van der Waals surface area contributed by atoms with E-state index in [0.717, 1.165) is 45.0 Å². The maximum atomic E-state index is 11.9. The quantitative estimate of drug-likeness (QED) is 0.817. The molecule has 1 amide bonds. The van der Waals surface area contributed by atoms with Crippen molar-refractivity contribution in [1.29, 1.82) is 0 Å². The van der Waals surface area contributed by atoms with Gasteiger partial charge in [0, 0.05) is 50.7 Å². The zero-order valence-corrected chi connectivity index (χ0v) is 12.6. The van der Waals surface area contributed by atoms with Crippen LogP contribution in [0.1, 0.15) is 5.69 Å². The predicted octanol–water partition coefficient (Wildman–Crippen LogP) is -0.0206. The average Bonchev–Trinajstić information content (AvgIpc) is 2.80. The molecule has 0 aromatic carbocycles. The van der Waals surface area contributed by atoms with Gasteiger partial charge in [0.1, 0.15) is 0 Å². The highest BCUT2D eigenvalue weighted by atomic mass is 32.1. The number of aromatic nitrogens is 1. The largest absolute Gasteiger partial charge is 0.314 e. The number of carbonyl (C=O) groups is 1. The highest BCUT2D eigenvalue weighted by Gasteiger charge is 2.33. The van der Waals surface area contributed by atoms with Gasteiger partial charge in [0.25, 0.3) is 0 Å². The minimum absolute atomic E-state index is 0.0399. The molecule has 20 heavy (non-hydrogen) atoms. The van der Waals surface area contributed by atoms with E-state index in [1.165, 1.54) is 11.3 Å². The van der Waals surface area contributed by atoms with Crippen molar-refractivity contribution in [1.82, 2.24) is 20.1 Å². The first-order valence-corrected chi connectivity index (χ1v) is 7.98. The Bertz CT molecular complexity index is 465. The summed E-state index contributed by atoms with van der Waals surface area (Å²) in [6.45, 7) is 8.84. The molecule has 0 spiro atoms. The van der Waals surface area contributed by atoms with Gasteiger partial charge in [-0.1, -0.05) is 0 Å². The van der Waals surface area contributed by atoms with Crippen molar-refractivity contribution in [3.63, 3.8) is 0 Å². The lowest BCUT2D eigenvalue weighted by atomic mass is 10.1. The molecule has 1 aromatic rings. The topological polar surface area (TPSA) is 60.5 Å². The molecule has 0 unspecified atom stereocenters. The van der Waals surface area contributed by atoms with Gasteiger partial charge in [-0.05, 0) is 6.92 Å². The monoisotopic (exact) mass is 295 g/mol. The molecule has 1 aromatic heterocycles. The van der Waals surface area contributed by atoms with Crippen LogP contribution >= 0.6 is 11.3 Å². The molecule has 0 bridgehead atoms. The zero-order valence-electron chi connectivity index (χ0n) is 11.8. The first-order chi connectivity index (χ1) is 9.70. The van der Waals surface area contributed by atoms with Gasteiger partial charge >= 0.3 is 0 Å². The zero-order chi connectivity index (χ0) is 13.9. The Kier molecular flexibility index (Phi) is 4.30. The molecule has 0 atom stereocenters. The lowest BCUT2D eigenvalue weighted by Gasteiger charge is -2.46. The third-order valence-electron chi connectivity index (χ3n) is 3.84. The number of hydrogen-bond acceptors (Lipinski definition) is 6. The maximum absolute atomic E-state index is 11.9. The maximum Gasteiger partial charge on any atom is 0.240 e. The number of anilines is 1. The van der Waals surface area contributed by atoms with Crippen LogP contribution in [0.25, 0.3) is 0 Å². The highest BCUT2D eigenvalue weighted by Crippen LogP contribution is 2.17. The van der Waals surface area contributed by atoms with Gasteiger partial charge in [-0.15, -0.1) is 11.3 Å². The SMILES string of the molecule is Cc1csc(NC(=O)CN2CC(N3CCNCC3)C2)n1. The van der Waals surface area contributed by atoms with Crippen molar-refractivity contribution < 1.29 is 4.79 Å². The summed E-state index contributed by atoms with van der Waals surface area (Å²) in [6, 6.07) is 0.631. The summed E-state index contributed by atoms with van der Waals surface area (Å²) >= 11 is 1.48. The summed E-state index contributed by atoms with van der Waals surface area (Å²) < 4.78 is 0. The molecule has 110 valence electrons. The minimum Gasteiger partial charge on any atom is -0.314 e.